The van der Waals surface area contributed by atoms with Gasteiger partial charge in [-0.2, -0.15) is 0 Å². The lowest BCUT2D eigenvalue weighted by Crippen LogP contribution is -2.25. The zero-order chi connectivity index (χ0) is 15.2. The van der Waals surface area contributed by atoms with Crippen molar-refractivity contribution >= 4 is 11.7 Å². The van der Waals surface area contributed by atoms with Crippen LogP contribution in [0.15, 0.2) is 61.2 Å². The van der Waals surface area contributed by atoms with E-state index in [4.69, 9.17) is 0 Å². The number of benzene rings is 2. The van der Waals surface area contributed by atoms with Gasteiger partial charge in [-0.1, -0.05) is 24.3 Å². The van der Waals surface area contributed by atoms with Crippen LogP contribution in [0.5, 0.6) is 0 Å². The van der Waals surface area contributed by atoms with Crippen LogP contribution in [-0.4, -0.2) is 18.2 Å². The van der Waals surface area contributed by atoms with Gasteiger partial charge in [0.2, 0.25) is 0 Å². The molecule has 0 fully saturated rings. The van der Waals surface area contributed by atoms with E-state index >= 15 is 0 Å². The molecule has 2 aromatic carbocycles. The highest BCUT2D eigenvalue weighted by Gasteiger charge is 2.17. The number of nitrogens with one attached hydrogen (secondary N) is 1. The number of hydrogen-bond donors (Lipinski definition) is 1. The number of amides is 1. The molecule has 0 aromatic heterocycles. The van der Waals surface area contributed by atoms with Gasteiger partial charge in [0.05, 0.1) is 5.56 Å². The molecule has 0 aliphatic carbocycles. The van der Waals surface area contributed by atoms with Crippen molar-refractivity contribution in [3.8, 4) is 0 Å². The lowest BCUT2D eigenvalue weighted by molar-refractivity contribution is 0.0946. The maximum Gasteiger partial charge on any atom is 0.252 e. The van der Waals surface area contributed by atoms with Crippen LogP contribution >= 0.6 is 0 Å². The van der Waals surface area contributed by atoms with Gasteiger partial charge in [0.15, 0.2) is 5.78 Å². The van der Waals surface area contributed by atoms with Crippen molar-refractivity contribution in [1.82, 2.24) is 5.32 Å². The number of carbonyl (C=O) groups excluding carboxylic acids is 2. The highest BCUT2D eigenvalue weighted by Crippen LogP contribution is 2.15. The van der Waals surface area contributed by atoms with Crippen molar-refractivity contribution in [2.45, 2.75) is 0 Å². The van der Waals surface area contributed by atoms with Crippen LogP contribution in [0.1, 0.15) is 26.3 Å². The standard InChI is InChI=1S/C17H14FNO2/c1-2-11-19-17(21)15-6-4-3-5-14(15)16(20)12-7-9-13(18)10-8-12/h2-10H,1,11H2,(H,19,21). The van der Waals surface area contributed by atoms with E-state index in [9.17, 15) is 14.0 Å². The van der Waals surface area contributed by atoms with E-state index in [-0.39, 0.29) is 22.8 Å². The molecule has 0 saturated carbocycles. The van der Waals surface area contributed by atoms with Gasteiger partial charge in [0, 0.05) is 17.7 Å². The van der Waals surface area contributed by atoms with Crippen LogP contribution in [0.4, 0.5) is 4.39 Å². The van der Waals surface area contributed by atoms with Gasteiger partial charge >= 0.3 is 0 Å². The third-order valence-corrected chi connectivity index (χ3v) is 2.93. The predicted molar refractivity (Wildman–Crippen MR) is 78.8 cm³/mol. The third-order valence-electron chi connectivity index (χ3n) is 2.93. The highest BCUT2D eigenvalue weighted by molar-refractivity contribution is 6.15. The molecule has 0 heterocycles. The van der Waals surface area contributed by atoms with E-state index in [1.54, 1.807) is 30.3 Å². The second kappa shape index (κ2) is 6.61. The Morgan fingerprint density at radius 3 is 2.29 bits per heavy atom. The van der Waals surface area contributed by atoms with Crippen LogP contribution in [0, 0.1) is 5.82 Å². The van der Waals surface area contributed by atoms with Gasteiger partial charge < -0.3 is 5.32 Å². The van der Waals surface area contributed by atoms with Crippen LogP contribution in [-0.2, 0) is 0 Å². The van der Waals surface area contributed by atoms with Crippen molar-refractivity contribution in [3.05, 3.63) is 83.7 Å². The van der Waals surface area contributed by atoms with Crippen molar-refractivity contribution in [2.75, 3.05) is 6.54 Å². The number of halogens is 1. The summed E-state index contributed by atoms with van der Waals surface area (Å²) in [6, 6.07) is 11.8. The fraction of sp³-hybridized carbons (Fsp3) is 0.0588. The minimum absolute atomic E-state index is 0.283. The molecular weight excluding hydrogens is 269 g/mol. The van der Waals surface area contributed by atoms with Gasteiger partial charge in [0.1, 0.15) is 5.82 Å². The summed E-state index contributed by atoms with van der Waals surface area (Å²) in [4.78, 5) is 24.5. The summed E-state index contributed by atoms with van der Waals surface area (Å²) in [5.41, 5.74) is 0.903. The van der Waals surface area contributed by atoms with Gasteiger partial charge in [0.25, 0.3) is 5.91 Å². The summed E-state index contributed by atoms with van der Waals surface area (Å²) in [6.45, 7) is 3.84. The number of hydrogen-bond acceptors (Lipinski definition) is 2. The quantitative estimate of drug-likeness (QED) is 0.677. The van der Waals surface area contributed by atoms with Gasteiger partial charge in [-0.15, -0.1) is 6.58 Å². The molecule has 1 N–H and O–H groups in total. The Bertz CT molecular complexity index is 677. The zero-order valence-corrected chi connectivity index (χ0v) is 11.3. The second-order valence-electron chi connectivity index (χ2n) is 4.38. The molecule has 21 heavy (non-hydrogen) atoms. The molecule has 0 bridgehead atoms. The monoisotopic (exact) mass is 283 g/mol. The van der Waals surface area contributed by atoms with E-state index < -0.39 is 5.82 Å². The minimum Gasteiger partial charge on any atom is -0.349 e. The Morgan fingerprint density at radius 1 is 1.05 bits per heavy atom. The SMILES string of the molecule is C=CCNC(=O)c1ccccc1C(=O)c1ccc(F)cc1. The molecular formula is C17H14FNO2. The Balaban J connectivity index is 2.35. The number of ketones is 1. The van der Waals surface area contributed by atoms with E-state index in [0.29, 0.717) is 12.1 Å². The van der Waals surface area contributed by atoms with E-state index in [1.807, 2.05) is 0 Å². The fourth-order valence-electron chi connectivity index (χ4n) is 1.90. The average Bonchev–Trinajstić information content (AvgIpc) is 2.52. The topological polar surface area (TPSA) is 46.2 Å². The van der Waals surface area contributed by atoms with Crippen molar-refractivity contribution < 1.29 is 14.0 Å². The van der Waals surface area contributed by atoms with Crippen LogP contribution in [0.2, 0.25) is 0 Å². The molecule has 0 aliphatic heterocycles. The molecule has 1 amide bonds. The second-order valence-corrected chi connectivity index (χ2v) is 4.38. The molecule has 3 nitrogen and oxygen atoms in total. The first-order valence-electron chi connectivity index (χ1n) is 6.42. The molecule has 0 aliphatic rings. The maximum atomic E-state index is 12.9. The lowest BCUT2D eigenvalue weighted by Gasteiger charge is -2.08. The summed E-state index contributed by atoms with van der Waals surface area (Å²) >= 11 is 0. The van der Waals surface area contributed by atoms with Crippen LogP contribution in [0.3, 0.4) is 0 Å². The third kappa shape index (κ3) is 3.42. The first kappa shape index (κ1) is 14.7. The first-order chi connectivity index (χ1) is 10.1. The Morgan fingerprint density at radius 2 is 1.67 bits per heavy atom. The summed E-state index contributed by atoms with van der Waals surface area (Å²) < 4.78 is 12.9. The van der Waals surface area contributed by atoms with Crippen molar-refractivity contribution in [2.24, 2.45) is 0 Å². The largest absolute Gasteiger partial charge is 0.349 e. The smallest absolute Gasteiger partial charge is 0.252 e. The molecule has 106 valence electrons. The molecule has 2 aromatic rings. The molecule has 2 rings (SSSR count). The summed E-state index contributed by atoms with van der Waals surface area (Å²) in [7, 11) is 0. The van der Waals surface area contributed by atoms with Crippen molar-refractivity contribution in [3.63, 3.8) is 0 Å². The Labute approximate surface area is 122 Å². The lowest BCUT2D eigenvalue weighted by atomic mass is 9.98. The van der Waals surface area contributed by atoms with Gasteiger partial charge in [-0.3, -0.25) is 9.59 Å². The molecule has 0 saturated heterocycles. The fourth-order valence-corrected chi connectivity index (χ4v) is 1.90. The van der Waals surface area contributed by atoms with Crippen molar-refractivity contribution in [1.29, 1.82) is 0 Å². The van der Waals surface area contributed by atoms with Crippen LogP contribution in [0.25, 0.3) is 0 Å². The molecule has 0 atom stereocenters. The molecule has 0 radical (unpaired) electrons. The van der Waals surface area contributed by atoms with E-state index in [2.05, 4.69) is 11.9 Å². The predicted octanol–water partition coefficient (Wildman–Crippen LogP) is 2.97. The van der Waals surface area contributed by atoms with E-state index in [1.165, 1.54) is 24.3 Å². The Hall–Kier alpha value is -2.75. The minimum atomic E-state index is -0.413. The van der Waals surface area contributed by atoms with E-state index in [0.717, 1.165) is 0 Å². The number of carbonyl (C=O) groups is 2. The highest BCUT2D eigenvalue weighted by atomic mass is 19.1. The van der Waals surface area contributed by atoms with Crippen LogP contribution < -0.4 is 5.32 Å². The summed E-state index contributed by atoms with van der Waals surface area (Å²) in [5.74, 6) is -1.08. The Kier molecular flexibility index (Phi) is 4.61. The molecule has 0 spiro atoms. The van der Waals surface area contributed by atoms with Gasteiger partial charge in [-0.25, -0.2) is 4.39 Å². The first-order valence-corrected chi connectivity index (χ1v) is 6.42. The molecule has 0 unspecified atom stereocenters. The summed E-state index contributed by atoms with van der Waals surface area (Å²) in [6.07, 6.45) is 1.56. The molecule has 4 heteroatoms. The normalized spacial score (nSPS) is 9.95. The maximum absolute atomic E-state index is 12.9. The summed E-state index contributed by atoms with van der Waals surface area (Å²) in [5, 5.41) is 2.64. The van der Waals surface area contributed by atoms with Gasteiger partial charge in [-0.05, 0) is 30.3 Å². The number of rotatable bonds is 5. The zero-order valence-electron chi connectivity index (χ0n) is 11.3. The average molecular weight is 283 g/mol.